The summed E-state index contributed by atoms with van der Waals surface area (Å²) in [6, 6.07) is -7.20. The predicted molar refractivity (Wildman–Crippen MR) is 407 cm³/mol. The maximum absolute atomic E-state index is 14.2. The van der Waals surface area contributed by atoms with Gasteiger partial charge in [-0.2, -0.15) is 0 Å². The third kappa shape index (κ3) is 23.8. The number of aliphatic carboxylic acids is 2. The van der Waals surface area contributed by atoms with E-state index < -0.39 is 446 Å². The van der Waals surface area contributed by atoms with Crippen LogP contribution in [-0.2, 0) is 104 Å². The highest BCUT2D eigenvalue weighted by Crippen LogP contribution is 2.46. The molecule has 10 rings (SSSR count). The Morgan fingerprint density at radius 1 is 0.321 bits per heavy atom. The lowest BCUT2D eigenvalue weighted by molar-refractivity contribution is -0.421. The molecule has 0 unspecified atom stereocenters. The summed E-state index contributed by atoms with van der Waals surface area (Å²) in [5.74, 6) is -12.1. The van der Waals surface area contributed by atoms with Crippen LogP contribution in [0.5, 0.6) is 0 Å². The van der Waals surface area contributed by atoms with Gasteiger partial charge in [-0.3, -0.25) is 0 Å². The molecular formula is C72H126N4O58. The fourth-order valence-electron chi connectivity index (χ4n) is 16.9. The number of hydrogen-bond acceptors (Lipinski definition) is 60. The summed E-state index contributed by atoms with van der Waals surface area (Å²) in [6.07, 6.45) is -120. The van der Waals surface area contributed by atoms with Gasteiger partial charge in [0.15, 0.2) is 50.3 Å². The van der Waals surface area contributed by atoms with Crippen molar-refractivity contribution in [2.24, 2.45) is 22.9 Å². The Hall–Kier alpha value is -3.38. The minimum atomic E-state index is -3.67. The fraction of sp³-hybridized carbons (Fsp3) is 0.972. The molecule has 44 N–H and O–H groups in total. The summed E-state index contributed by atoms with van der Waals surface area (Å²) in [5.41, 5.74) is 24.2. The van der Waals surface area contributed by atoms with Crippen molar-refractivity contribution in [2.45, 2.75) is 355 Å². The highest BCUT2D eigenvalue weighted by atomic mass is 16.8. The molecule has 10 aliphatic heterocycles. The SMILES string of the molecule is N[C@H]1[C@H](OC[C@@H](O)[C@@H](O)[C@H](O)[C@@H](N)CO)O[C@H](CO[C@]2(C(=O)O)C[C@@H](O[C@]3(C(=O)O)C[C@@H](O)[C@@H](O)[C@@H]([C@H](O)CO)O3)[C@@H](O[C@H]3O[C@H]([C@@H](O)CO)[C@@H](O[C@@H]4O[C@H](CO)[C@@H](O[C@@H]5O[C@H](CO)[C@H](O)[C@H](O[C@@H]6O[C@H](CO)[C@@H](O[C@@H]7O[C@H](CO)[C@H](O)[C@H](O)[C@H]7O)[C@H](O)[C@H]6N)[C@H]5O)[C@H](O)[C@H]4O)[C@H](O[C@H]4O[C@H]([C@@H](O)CO)[C@@H](O)[C@H](O)[C@@H]4O[C@H]4O[C@H](CO)[C@@H](O)[C@H](O)[C@H]4N)[C@@H]3O)[C@@H]([C@H](O)CO)O2)[C@@H](O)[C@@H]1O. The molecule has 0 radical (unpaired) electrons. The van der Waals surface area contributed by atoms with Crippen molar-refractivity contribution in [3.05, 3.63) is 0 Å². The molecule has 0 saturated carbocycles. The number of carbonyl (C=O) groups is 2. The maximum Gasteiger partial charge on any atom is 0.364 e. The van der Waals surface area contributed by atoms with E-state index in [1.54, 1.807) is 0 Å². The lowest BCUT2D eigenvalue weighted by Crippen LogP contribution is -2.71. The first-order valence-corrected chi connectivity index (χ1v) is 42.2. The van der Waals surface area contributed by atoms with Crippen molar-refractivity contribution in [1.82, 2.24) is 0 Å². The van der Waals surface area contributed by atoms with Crippen molar-refractivity contribution in [3.63, 3.8) is 0 Å². The first-order chi connectivity index (χ1) is 63.2. The summed E-state index contributed by atoms with van der Waals surface area (Å²) >= 11 is 0. The number of carboxylic acid groups (broad SMARTS) is 2. The Kier molecular flexibility index (Phi) is 40.6. The molecule has 0 aromatic rings. The number of rotatable bonds is 41. The van der Waals surface area contributed by atoms with E-state index in [9.17, 15) is 193 Å². The zero-order valence-corrected chi connectivity index (χ0v) is 70.5. The van der Waals surface area contributed by atoms with Crippen molar-refractivity contribution >= 4 is 11.9 Å². The van der Waals surface area contributed by atoms with Crippen LogP contribution in [0.2, 0.25) is 0 Å². The lowest BCUT2D eigenvalue weighted by atomic mass is 9.89. The molecule has 0 bridgehead atoms. The molecule has 0 amide bonds. The van der Waals surface area contributed by atoms with E-state index in [0.717, 1.165) is 0 Å². The topological polar surface area (TPSA) is 1050 Å². The molecule has 56 atom stereocenters. The van der Waals surface area contributed by atoms with E-state index in [4.69, 9.17) is 118 Å². The minimum Gasteiger partial charge on any atom is -0.477 e. The maximum atomic E-state index is 14.2. The van der Waals surface area contributed by atoms with Crippen LogP contribution >= 0.6 is 0 Å². The molecule has 62 heteroatoms. The summed E-state index contributed by atoms with van der Waals surface area (Å²) in [5, 5.41) is 399. The van der Waals surface area contributed by atoms with Crippen LogP contribution in [0, 0.1) is 0 Å². The number of aliphatic hydroxyl groups excluding tert-OH is 34. The predicted octanol–water partition coefficient (Wildman–Crippen LogP) is -27.1. The minimum absolute atomic E-state index is 0.904. The Morgan fingerprint density at radius 2 is 0.709 bits per heavy atom. The van der Waals surface area contributed by atoms with Gasteiger partial charge in [0.1, 0.15) is 238 Å². The molecule has 10 aliphatic rings. The van der Waals surface area contributed by atoms with Gasteiger partial charge < -0.3 is 302 Å². The van der Waals surface area contributed by atoms with Gasteiger partial charge in [0.2, 0.25) is 0 Å². The summed E-state index contributed by atoms with van der Waals surface area (Å²) in [4.78, 5) is 28.1. The number of aliphatic hydroxyl groups is 34. The van der Waals surface area contributed by atoms with Crippen LogP contribution in [0.15, 0.2) is 0 Å². The monoisotopic (exact) mass is 1970 g/mol. The molecule has 10 fully saturated rings. The van der Waals surface area contributed by atoms with Gasteiger partial charge in [0.25, 0.3) is 11.6 Å². The Bertz CT molecular complexity index is 3560. The van der Waals surface area contributed by atoms with E-state index in [-0.39, 0.29) is 0 Å². The van der Waals surface area contributed by atoms with Crippen LogP contribution < -0.4 is 22.9 Å². The second kappa shape index (κ2) is 48.3. The summed E-state index contributed by atoms with van der Waals surface area (Å²) in [6.45, 7) is -15.2. The van der Waals surface area contributed by atoms with Crippen molar-refractivity contribution in [1.29, 1.82) is 0 Å². The summed E-state index contributed by atoms with van der Waals surface area (Å²) < 4.78 is 118. The fourth-order valence-corrected chi connectivity index (χ4v) is 16.9. The van der Waals surface area contributed by atoms with E-state index in [1.807, 2.05) is 0 Å². The standard InChI is InChI=1S/C72H126N4O58/c73-15(3-77)32(93)33(94)21(92)13-115-61-29(74)39(100)37(98)28(122-61)14-116-71(69(111)112)2-22(132-72(70(113)114)1-16(87)34(95)51(133-72)18(89)5-79)56(53(134-71)20(91)7-81)127-67-49(110)58(129-68-59(44(105)43(104)50(123-68)17(88)4-78)130-62-30(75)40(101)35(96)23(8-82)117-62)60(52(124-67)19(90)6-80)131-65-47(108)45(106)55(27(12-86)121-65)126-66-48(109)57(38(99)25(10-84)119-66)128-63-31(76)41(102)54(26(11-85)120-63)125-64-46(107)42(103)36(97)24(9-83)118-64/h15-68,77-110H,1-14,73-76H2,(H,111,112)(H,113,114)/t15-,16+,17-,18+,19-,20+,21+,22+,23+,24+,25+,26+,27+,28+,29+,30+,31+,32+,33+,34+,35+,36-,37+,38-,39+,40+,41+,42-,43-,44-,45+,46+,47+,48+,49-,50+,51+,52+,53+,54+,55+,56+,57-,58+,59-,60+,61+,62+,63-,64-,65-,66-,67+,68+,71+,72+/m0/s1. The number of ether oxygens (including phenoxy) is 20. The van der Waals surface area contributed by atoms with Gasteiger partial charge >= 0.3 is 11.9 Å². The van der Waals surface area contributed by atoms with Gasteiger partial charge in [0.05, 0.1) is 122 Å². The molecule has 0 aromatic carbocycles. The van der Waals surface area contributed by atoms with Gasteiger partial charge in [0, 0.05) is 12.8 Å². The van der Waals surface area contributed by atoms with E-state index in [0.29, 0.717) is 0 Å². The molecule has 0 aliphatic carbocycles. The largest absolute Gasteiger partial charge is 0.477 e. The zero-order chi connectivity index (χ0) is 99.4. The van der Waals surface area contributed by atoms with Crippen LogP contribution in [0.1, 0.15) is 12.8 Å². The highest BCUT2D eigenvalue weighted by Gasteiger charge is 2.66. The molecule has 10 saturated heterocycles. The lowest BCUT2D eigenvalue weighted by Gasteiger charge is -2.53. The van der Waals surface area contributed by atoms with Crippen molar-refractivity contribution in [3.8, 4) is 0 Å². The second-order valence-corrected chi connectivity index (χ2v) is 33.8. The van der Waals surface area contributed by atoms with Crippen molar-refractivity contribution < 1.29 is 288 Å². The third-order valence-electron chi connectivity index (χ3n) is 24.8. The number of nitrogens with two attached hydrogens (primary N) is 4. The molecule has 134 heavy (non-hydrogen) atoms. The Balaban J connectivity index is 1.02. The molecular weight excluding hydrogens is 1850 g/mol. The molecule has 62 nitrogen and oxygen atoms in total. The number of carboxylic acids is 2. The first kappa shape index (κ1) is 113. The van der Waals surface area contributed by atoms with Gasteiger partial charge in [-0.25, -0.2) is 9.59 Å². The quantitative estimate of drug-likeness (QED) is 0.0270. The van der Waals surface area contributed by atoms with Crippen LogP contribution in [-0.4, -0.2) is 617 Å². The Labute approximate surface area is 755 Å². The second-order valence-electron chi connectivity index (χ2n) is 33.8. The smallest absolute Gasteiger partial charge is 0.364 e. The van der Waals surface area contributed by atoms with E-state index in [1.165, 1.54) is 0 Å². The van der Waals surface area contributed by atoms with E-state index in [2.05, 4.69) is 0 Å². The highest BCUT2D eigenvalue weighted by molar-refractivity contribution is 5.77. The molecule has 782 valence electrons. The molecule has 0 aromatic heterocycles. The normalized spacial score (nSPS) is 48.5. The van der Waals surface area contributed by atoms with Crippen LogP contribution in [0.4, 0.5) is 0 Å². The van der Waals surface area contributed by atoms with Crippen LogP contribution in [0.25, 0.3) is 0 Å². The molecule has 0 spiro atoms. The van der Waals surface area contributed by atoms with Gasteiger partial charge in [-0.05, 0) is 0 Å². The van der Waals surface area contributed by atoms with Gasteiger partial charge in [-0.15, -0.1) is 0 Å². The third-order valence-corrected chi connectivity index (χ3v) is 24.8. The van der Waals surface area contributed by atoms with E-state index >= 15 is 0 Å². The average molecular weight is 1980 g/mol. The first-order valence-electron chi connectivity index (χ1n) is 42.2. The van der Waals surface area contributed by atoms with Crippen LogP contribution in [0.3, 0.4) is 0 Å². The summed E-state index contributed by atoms with van der Waals surface area (Å²) in [7, 11) is 0. The zero-order valence-electron chi connectivity index (χ0n) is 70.5. The van der Waals surface area contributed by atoms with Crippen molar-refractivity contribution in [2.75, 3.05) is 79.3 Å². The average Bonchev–Trinajstić information content (AvgIpc) is 0.738. The number of hydrogen-bond donors (Lipinski definition) is 40. The Morgan fingerprint density at radius 3 is 1.25 bits per heavy atom. The van der Waals surface area contributed by atoms with Gasteiger partial charge in [-0.1, -0.05) is 0 Å². The molecule has 10 heterocycles.